The second-order valence-corrected chi connectivity index (χ2v) is 7.67. The predicted molar refractivity (Wildman–Crippen MR) is 120 cm³/mol. The Morgan fingerprint density at radius 1 is 1.10 bits per heavy atom. The van der Waals surface area contributed by atoms with Crippen LogP contribution in [-0.4, -0.2) is 20.4 Å². The summed E-state index contributed by atoms with van der Waals surface area (Å²) in [6, 6.07) is 15.6. The normalized spacial score (nSPS) is 11.9. The monoisotopic (exact) mass is 412 g/mol. The minimum atomic E-state index is -0.551. The molecule has 0 atom stereocenters. The Bertz CT molecular complexity index is 1470. The van der Waals surface area contributed by atoms with E-state index >= 15 is 0 Å². The van der Waals surface area contributed by atoms with Crippen LogP contribution in [0.15, 0.2) is 64.3 Å². The Balaban J connectivity index is 1.45. The number of fused-ring (bicyclic) bond motifs is 4. The number of carbonyl (C=O) groups is 1. The zero-order chi connectivity index (χ0) is 21.5. The van der Waals surface area contributed by atoms with Crippen LogP contribution in [-0.2, 0) is 13.0 Å². The van der Waals surface area contributed by atoms with Crippen LogP contribution >= 0.6 is 0 Å². The highest BCUT2D eigenvalue weighted by molar-refractivity contribution is 6.05. The third-order valence-corrected chi connectivity index (χ3v) is 5.59. The van der Waals surface area contributed by atoms with Crippen molar-refractivity contribution >= 4 is 22.6 Å². The molecule has 2 aromatic heterocycles. The van der Waals surface area contributed by atoms with Gasteiger partial charge in [-0.05, 0) is 53.3 Å². The van der Waals surface area contributed by atoms with Gasteiger partial charge >= 0.3 is 5.69 Å². The van der Waals surface area contributed by atoms with Gasteiger partial charge in [-0.2, -0.15) is 0 Å². The Labute approximate surface area is 177 Å². The second kappa shape index (κ2) is 7.36. The first kappa shape index (κ1) is 19.0. The molecule has 2 aromatic carbocycles. The van der Waals surface area contributed by atoms with E-state index in [1.807, 2.05) is 37.3 Å². The van der Waals surface area contributed by atoms with E-state index in [4.69, 9.17) is 0 Å². The summed E-state index contributed by atoms with van der Waals surface area (Å²) in [6.07, 6.45) is 2.94. The third kappa shape index (κ3) is 3.24. The molecule has 31 heavy (non-hydrogen) atoms. The fraction of sp³-hybridized carbons (Fsp3) is 0.167. The third-order valence-electron chi connectivity index (χ3n) is 5.59. The van der Waals surface area contributed by atoms with Gasteiger partial charge in [-0.25, -0.2) is 9.78 Å². The summed E-state index contributed by atoms with van der Waals surface area (Å²) in [5, 5.41) is 3.10. The summed E-state index contributed by atoms with van der Waals surface area (Å²) in [6.45, 7) is 2.36. The lowest BCUT2D eigenvalue weighted by molar-refractivity contribution is 0.102. The lowest BCUT2D eigenvalue weighted by Crippen LogP contribution is -2.31. The summed E-state index contributed by atoms with van der Waals surface area (Å²) in [4.78, 5) is 43.7. The summed E-state index contributed by atoms with van der Waals surface area (Å²) >= 11 is 0. The van der Waals surface area contributed by atoms with Crippen molar-refractivity contribution in [2.75, 3.05) is 5.32 Å². The molecule has 0 bridgehead atoms. The van der Waals surface area contributed by atoms with Crippen LogP contribution in [0.2, 0.25) is 0 Å². The van der Waals surface area contributed by atoms with Crippen LogP contribution in [0.4, 0.5) is 5.69 Å². The van der Waals surface area contributed by atoms with Crippen molar-refractivity contribution in [2.24, 2.45) is 0 Å². The van der Waals surface area contributed by atoms with Crippen molar-refractivity contribution in [1.82, 2.24) is 14.5 Å². The minimum absolute atomic E-state index is 0.213. The van der Waals surface area contributed by atoms with E-state index in [2.05, 4.69) is 27.4 Å². The molecule has 1 aliphatic rings. The molecule has 0 saturated heterocycles. The molecule has 0 radical (unpaired) electrons. The van der Waals surface area contributed by atoms with Gasteiger partial charge < -0.3 is 5.32 Å². The number of nitrogens with one attached hydrogen (secondary N) is 2. The molecule has 2 N–H and O–H groups in total. The maximum absolute atomic E-state index is 12.8. The maximum atomic E-state index is 12.8. The number of aromatic nitrogens is 3. The summed E-state index contributed by atoms with van der Waals surface area (Å²) in [5.41, 5.74) is 5.01. The topological polar surface area (TPSA) is 96.9 Å². The fourth-order valence-electron chi connectivity index (χ4n) is 4.15. The number of nitrogens with zero attached hydrogens (tertiary/aromatic N) is 2. The Kier molecular flexibility index (Phi) is 4.51. The SMILES string of the molecule is CCCn1c(=O)[nH]c(=O)c2cc(C(=O)Nc3ccc4c(c3)Cc3ccccc3-4)cnc21. The first-order valence-corrected chi connectivity index (χ1v) is 10.2. The van der Waals surface area contributed by atoms with Crippen molar-refractivity contribution in [3.8, 4) is 11.1 Å². The minimum Gasteiger partial charge on any atom is -0.322 e. The van der Waals surface area contributed by atoms with Crippen LogP contribution in [0.25, 0.3) is 22.2 Å². The first-order chi connectivity index (χ1) is 15.0. The molecular formula is C24H20N4O3. The van der Waals surface area contributed by atoms with Gasteiger partial charge in [0.25, 0.3) is 11.5 Å². The molecule has 0 saturated carbocycles. The molecule has 1 aliphatic carbocycles. The lowest BCUT2D eigenvalue weighted by atomic mass is 10.1. The van der Waals surface area contributed by atoms with Gasteiger partial charge in [0, 0.05) is 18.4 Å². The Hall–Kier alpha value is -4.00. The van der Waals surface area contributed by atoms with E-state index in [1.54, 1.807) is 0 Å². The summed E-state index contributed by atoms with van der Waals surface area (Å²) < 4.78 is 1.41. The molecule has 0 unspecified atom stereocenters. The van der Waals surface area contributed by atoms with Crippen LogP contribution in [0.3, 0.4) is 0 Å². The second-order valence-electron chi connectivity index (χ2n) is 7.67. The molecule has 5 rings (SSSR count). The van der Waals surface area contributed by atoms with E-state index in [0.29, 0.717) is 18.7 Å². The van der Waals surface area contributed by atoms with Crippen molar-refractivity contribution in [2.45, 2.75) is 26.3 Å². The maximum Gasteiger partial charge on any atom is 0.329 e. The van der Waals surface area contributed by atoms with Gasteiger partial charge in [0.15, 0.2) is 0 Å². The quantitative estimate of drug-likeness (QED) is 0.473. The summed E-state index contributed by atoms with van der Waals surface area (Å²) in [5.74, 6) is -0.363. The van der Waals surface area contributed by atoms with Crippen molar-refractivity contribution in [1.29, 1.82) is 0 Å². The first-order valence-electron chi connectivity index (χ1n) is 10.2. The average molecular weight is 412 g/mol. The standard InChI is InChI=1S/C24H20N4O3/c1-2-9-28-21-20(23(30)27-24(28)31)12-16(13-25-21)22(29)26-17-7-8-19-15(11-17)10-14-5-3-4-6-18(14)19/h3-8,11-13H,2,9-10H2,1H3,(H,26,29)(H,27,30,31). The molecule has 4 aromatic rings. The number of aromatic amines is 1. The van der Waals surface area contributed by atoms with Crippen molar-refractivity contribution in [3.05, 3.63) is 92.3 Å². The van der Waals surface area contributed by atoms with Crippen LogP contribution < -0.4 is 16.6 Å². The highest BCUT2D eigenvalue weighted by Crippen LogP contribution is 2.37. The molecule has 0 spiro atoms. The van der Waals surface area contributed by atoms with Gasteiger partial charge in [0.05, 0.1) is 10.9 Å². The van der Waals surface area contributed by atoms with Gasteiger partial charge in [0.2, 0.25) is 0 Å². The average Bonchev–Trinajstić information content (AvgIpc) is 3.14. The zero-order valence-electron chi connectivity index (χ0n) is 16.9. The zero-order valence-corrected chi connectivity index (χ0v) is 16.9. The predicted octanol–water partition coefficient (Wildman–Crippen LogP) is 3.32. The van der Waals surface area contributed by atoms with Crippen molar-refractivity contribution < 1.29 is 4.79 Å². The largest absolute Gasteiger partial charge is 0.329 e. The van der Waals surface area contributed by atoms with E-state index in [0.717, 1.165) is 12.0 Å². The number of hydrogen-bond donors (Lipinski definition) is 2. The molecule has 2 heterocycles. The molecule has 0 aliphatic heterocycles. The van der Waals surface area contributed by atoms with Crippen LogP contribution in [0.1, 0.15) is 34.8 Å². The summed E-state index contributed by atoms with van der Waals surface area (Å²) in [7, 11) is 0. The molecule has 7 heteroatoms. The number of hydrogen-bond acceptors (Lipinski definition) is 4. The van der Waals surface area contributed by atoms with Gasteiger partial charge in [-0.15, -0.1) is 0 Å². The van der Waals surface area contributed by atoms with Gasteiger partial charge in [-0.1, -0.05) is 37.3 Å². The molecule has 154 valence electrons. The number of aryl methyl sites for hydroxylation is 1. The Morgan fingerprint density at radius 2 is 1.90 bits per heavy atom. The van der Waals surface area contributed by atoms with E-state index in [9.17, 15) is 14.4 Å². The smallest absolute Gasteiger partial charge is 0.322 e. The molecule has 1 amide bonds. The Morgan fingerprint density at radius 3 is 2.74 bits per heavy atom. The van der Waals surface area contributed by atoms with E-state index < -0.39 is 11.2 Å². The van der Waals surface area contributed by atoms with E-state index in [1.165, 1.54) is 33.5 Å². The number of H-pyrrole nitrogens is 1. The van der Waals surface area contributed by atoms with Gasteiger partial charge in [-0.3, -0.25) is 19.1 Å². The fourth-order valence-corrected chi connectivity index (χ4v) is 4.15. The highest BCUT2D eigenvalue weighted by atomic mass is 16.2. The van der Waals surface area contributed by atoms with E-state index in [-0.39, 0.29) is 22.5 Å². The highest BCUT2D eigenvalue weighted by Gasteiger charge is 2.19. The van der Waals surface area contributed by atoms with Gasteiger partial charge in [0.1, 0.15) is 5.65 Å². The molecule has 7 nitrogen and oxygen atoms in total. The number of rotatable bonds is 4. The lowest BCUT2D eigenvalue weighted by Gasteiger charge is -2.10. The van der Waals surface area contributed by atoms with Crippen LogP contribution in [0, 0.1) is 0 Å². The van der Waals surface area contributed by atoms with Crippen molar-refractivity contribution in [3.63, 3.8) is 0 Å². The number of pyridine rings is 1. The number of anilines is 1. The van der Waals surface area contributed by atoms with Crippen LogP contribution in [0.5, 0.6) is 0 Å². The molecule has 0 fully saturated rings. The number of benzene rings is 2. The number of amides is 1. The molecular weight excluding hydrogens is 392 g/mol. The number of carbonyl (C=O) groups excluding carboxylic acids is 1.